The van der Waals surface area contributed by atoms with Gasteiger partial charge in [0.15, 0.2) is 6.29 Å². The Morgan fingerprint density at radius 1 is 1.07 bits per heavy atom. The summed E-state index contributed by atoms with van der Waals surface area (Å²) >= 11 is 0. The van der Waals surface area contributed by atoms with E-state index in [9.17, 15) is 20.4 Å². The quantitative estimate of drug-likeness (QED) is 0.349. The summed E-state index contributed by atoms with van der Waals surface area (Å²) in [5.41, 5.74) is -5.91. The van der Waals surface area contributed by atoms with Gasteiger partial charge >= 0.3 is 0 Å². The Balaban J connectivity index is 3.16. The molecule has 0 spiro atoms. The zero-order valence-corrected chi connectivity index (χ0v) is 9.01. The molecule has 1 saturated heterocycles. The van der Waals surface area contributed by atoms with Gasteiger partial charge in [-0.1, -0.05) is 0 Å². The molecule has 0 aromatic heterocycles. The monoisotopic (exact) mass is 222 g/mol. The van der Waals surface area contributed by atoms with Gasteiger partial charge in [-0.05, 0) is 20.8 Å². The fraction of sp³-hybridized carbons (Fsp3) is 1.00. The third-order valence-corrected chi connectivity index (χ3v) is 3.54. The molecule has 0 saturated carbocycles. The van der Waals surface area contributed by atoms with Crippen LogP contribution in [0, 0.1) is 0 Å². The average Bonchev–Trinajstić information content (AvgIpc) is 2.10. The summed E-state index contributed by atoms with van der Waals surface area (Å²) in [5, 5.41) is 48.3. The van der Waals surface area contributed by atoms with Gasteiger partial charge in [0, 0.05) is 0 Å². The van der Waals surface area contributed by atoms with E-state index in [-0.39, 0.29) is 0 Å². The molecule has 0 aromatic carbocycles. The smallest absolute Gasteiger partial charge is 0.187 e. The fourth-order valence-electron chi connectivity index (χ4n) is 1.71. The summed E-state index contributed by atoms with van der Waals surface area (Å²) in [6, 6.07) is 0. The van der Waals surface area contributed by atoms with Crippen LogP contribution < -0.4 is 0 Å². The standard InChI is InChI=1S/C9H18O6/c1-7(12)5(4-10)15-6(11)8(2,13)9(7,3)14/h5-6,10-14H,4H2,1-3H3/t5-,6-,7-,8-,9+/m1/s1. The van der Waals surface area contributed by atoms with Gasteiger partial charge in [-0.3, -0.25) is 0 Å². The summed E-state index contributed by atoms with van der Waals surface area (Å²) in [5.74, 6) is 0. The Bertz CT molecular complexity index is 247. The number of rotatable bonds is 1. The van der Waals surface area contributed by atoms with Crippen molar-refractivity contribution in [2.24, 2.45) is 0 Å². The highest BCUT2D eigenvalue weighted by Gasteiger charge is 2.65. The minimum Gasteiger partial charge on any atom is -0.394 e. The number of hydrogen-bond acceptors (Lipinski definition) is 6. The van der Waals surface area contributed by atoms with Gasteiger partial charge in [-0.25, -0.2) is 0 Å². The summed E-state index contributed by atoms with van der Waals surface area (Å²) in [7, 11) is 0. The molecule has 5 N–H and O–H groups in total. The van der Waals surface area contributed by atoms with Crippen molar-refractivity contribution in [3.05, 3.63) is 0 Å². The van der Waals surface area contributed by atoms with Crippen LogP contribution in [0.5, 0.6) is 0 Å². The predicted molar refractivity (Wildman–Crippen MR) is 49.8 cm³/mol. The molecule has 0 aliphatic carbocycles. The maximum absolute atomic E-state index is 10.1. The van der Waals surface area contributed by atoms with Crippen molar-refractivity contribution in [2.75, 3.05) is 6.61 Å². The van der Waals surface area contributed by atoms with Crippen molar-refractivity contribution in [3.63, 3.8) is 0 Å². The van der Waals surface area contributed by atoms with Gasteiger partial charge in [0.1, 0.15) is 22.9 Å². The Morgan fingerprint density at radius 3 is 1.93 bits per heavy atom. The SMILES string of the molecule is C[C@@]1(O)[C@](C)(O)[C@H](O)O[C@H](CO)[C@@]1(C)O. The third kappa shape index (κ3) is 1.49. The van der Waals surface area contributed by atoms with E-state index < -0.39 is 35.8 Å². The molecule has 1 aliphatic heterocycles. The Kier molecular flexibility index (Phi) is 2.89. The zero-order valence-electron chi connectivity index (χ0n) is 9.01. The van der Waals surface area contributed by atoms with E-state index in [1.54, 1.807) is 0 Å². The van der Waals surface area contributed by atoms with E-state index in [1.807, 2.05) is 0 Å². The first-order chi connectivity index (χ1) is 6.59. The number of ether oxygens (including phenoxy) is 1. The minimum absolute atomic E-state index is 0.573. The summed E-state index contributed by atoms with van der Waals surface area (Å²) < 4.78 is 4.85. The lowest BCUT2D eigenvalue weighted by molar-refractivity contribution is -0.382. The maximum atomic E-state index is 10.1. The maximum Gasteiger partial charge on any atom is 0.187 e. The molecule has 0 bridgehead atoms. The van der Waals surface area contributed by atoms with Crippen LogP contribution in [0.25, 0.3) is 0 Å². The number of hydrogen-bond donors (Lipinski definition) is 5. The Morgan fingerprint density at radius 2 is 1.53 bits per heavy atom. The molecule has 0 aromatic rings. The highest BCUT2D eigenvalue weighted by Crippen LogP contribution is 2.43. The van der Waals surface area contributed by atoms with Crippen molar-refractivity contribution >= 4 is 0 Å². The van der Waals surface area contributed by atoms with Crippen molar-refractivity contribution < 1.29 is 30.3 Å². The lowest BCUT2D eigenvalue weighted by atomic mass is 9.68. The highest BCUT2D eigenvalue weighted by atomic mass is 16.6. The first kappa shape index (κ1) is 12.8. The van der Waals surface area contributed by atoms with Crippen LogP contribution in [-0.2, 0) is 4.74 Å². The molecule has 90 valence electrons. The second-order valence-corrected chi connectivity index (χ2v) is 4.53. The van der Waals surface area contributed by atoms with E-state index in [4.69, 9.17) is 9.84 Å². The lowest BCUT2D eigenvalue weighted by Gasteiger charge is -2.56. The molecule has 6 heteroatoms. The third-order valence-electron chi connectivity index (χ3n) is 3.54. The molecule has 1 fully saturated rings. The number of aliphatic hydroxyl groups is 5. The normalized spacial score (nSPS) is 56.8. The molecule has 0 radical (unpaired) electrons. The molecule has 5 atom stereocenters. The second-order valence-electron chi connectivity index (χ2n) is 4.53. The van der Waals surface area contributed by atoms with E-state index in [2.05, 4.69) is 0 Å². The van der Waals surface area contributed by atoms with Crippen LogP contribution in [0.15, 0.2) is 0 Å². The first-order valence-electron chi connectivity index (χ1n) is 4.70. The largest absolute Gasteiger partial charge is 0.394 e. The van der Waals surface area contributed by atoms with E-state index in [0.717, 1.165) is 6.92 Å². The second kappa shape index (κ2) is 3.38. The summed E-state index contributed by atoms with van der Waals surface area (Å²) in [6.07, 6.45) is -2.84. The van der Waals surface area contributed by atoms with Gasteiger partial charge in [-0.2, -0.15) is 0 Å². The van der Waals surface area contributed by atoms with Crippen LogP contribution >= 0.6 is 0 Å². The van der Waals surface area contributed by atoms with Crippen molar-refractivity contribution in [1.29, 1.82) is 0 Å². The molecule has 15 heavy (non-hydrogen) atoms. The highest BCUT2D eigenvalue weighted by molar-refractivity contribution is 5.13. The van der Waals surface area contributed by atoms with Crippen LogP contribution in [0.2, 0.25) is 0 Å². The van der Waals surface area contributed by atoms with Crippen molar-refractivity contribution in [3.8, 4) is 0 Å². The molecule has 0 unspecified atom stereocenters. The van der Waals surface area contributed by atoms with Gasteiger partial charge in [0.2, 0.25) is 0 Å². The van der Waals surface area contributed by atoms with E-state index in [1.165, 1.54) is 13.8 Å². The van der Waals surface area contributed by atoms with Crippen LogP contribution in [-0.4, -0.2) is 61.3 Å². The van der Waals surface area contributed by atoms with E-state index >= 15 is 0 Å². The molecule has 1 aliphatic rings. The molecular formula is C9H18O6. The molecule has 1 rings (SSSR count). The Labute approximate surface area is 87.7 Å². The zero-order chi connectivity index (χ0) is 12.1. The summed E-state index contributed by atoms with van der Waals surface area (Å²) in [6.45, 7) is 2.99. The molecular weight excluding hydrogens is 204 g/mol. The first-order valence-corrected chi connectivity index (χ1v) is 4.70. The summed E-state index contributed by atoms with van der Waals surface area (Å²) in [4.78, 5) is 0. The van der Waals surface area contributed by atoms with Gasteiger partial charge in [-0.15, -0.1) is 0 Å². The van der Waals surface area contributed by atoms with Gasteiger partial charge in [0.05, 0.1) is 6.61 Å². The van der Waals surface area contributed by atoms with Crippen LogP contribution in [0.3, 0.4) is 0 Å². The predicted octanol–water partition coefficient (Wildman–Crippen LogP) is -2.05. The molecule has 6 nitrogen and oxygen atoms in total. The molecule has 1 heterocycles. The minimum atomic E-state index is -2.03. The number of aliphatic hydroxyl groups excluding tert-OH is 2. The van der Waals surface area contributed by atoms with E-state index in [0.29, 0.717) is 0 Å². The fourth-order valence-corrected chi connectivity index (χ4v) is 1.71. The van der Waals surface area contributed by atoms with Crippen molar-refractivity contribution in [1.82, 2.24) is 0 Å². The van der Waals surface area contributed by atoms with Gasteiger partial charge in [0.25, 0.3) is 0 Å². The average molecular weight is 222 g/mol. The Hall–Kier alpha value is -0.240. The molecule has 0 amide bonds. The lowest BCUT2D eigenvalue weighted by Crippen LogP contribution is -2.77. The van der Waals surface area contributed by atoms with Crippen LogP contribution in [0.1, 0.15) is 20.8 Å². The topological polar surface area (TPSA) is 110 Å². The van der Waals surface area contributed by atoms with Crippen LogP contribution in [0.4, 0.5) is 0 Å². The van der Waals surface area contributed by atoms with Gasteiger partial charge < -0.3 is 30.3 Å². The van der Waals surface area contributed by atoms with Crippen molar-refractivity contribution in [2.45, 2.75) is 50.0 Å².